The van der Waals surface area contributed by atoms with Crippen molar-refractivity contribution in [3.8, 4) is 0 Å². The summed E-state index contributed by atoms with van der Waals surface area (Å²) in [7, 11) is 0. The fourth-order valence-corrected chi connectivity index (χ4v) is 7.60. The monoisotopic (exact) mass is 554 g/mol. The van der Waals surface area contributed by atoms with E-state index in [1.165, 1.54) is 13.8 Å². The van der Waals surface area contributed by atoms with E-state index >= 15 is 0 Å². The van der Waals surface area contributed by atoms with Gasteiger partial charge in [-0.05, 0) is 48.5 Å². The summed E-state index contributed by atoms with van der Waals surface area (Å²) < 4.78 is 24.0. The van der Waals surface area contributed by atoms with Crippen molar-refractivity contribution in [2.24, 2.45) is 29.1 Å². The molecule has 1 N–H and O–H groups in total. The Morgan fingerprint density at radius 2 is 1.55 bits per heavy atom. The van der Waals surface area contributed by atoms with Gasteiger partial charge in [0.25, 0.3) is 0 Å². The van der Waals surface area contributed by atoms with Gasteiger partial charge in [0, 0.05) is 25.7 Å². The van der Waals surface area contributed by atoms with Crippen molar-refractivity contribution in [1.82, 2.24) is 0 Å². The number of Topliss-reactive ketones (excluding diaryl/α,β-unsaturated/α-hetero) is 1. The molecule has 1 heterocycles. The normalized spacial score (nSPS) is 41.2. The van der Waals surface area contributed by atoms with Crippen LogP contribution in [0.15, 0.2) is 42.0 Å². The molecule has 5 rings (SSSR count). The van der Waals surface area contributed by atoms with Crippen molar-refractivity contribution >= 4 is 23.7 Å². The van der Waals surface area contributed by atoms with Crippen LogP contribution in [0.2, 0.25) is 0 Å². The Hall–Kier alpha value is -3.04. The molecule has 40 heavy (non-hydrogen) atoms. The molecule has 9 heteroatoms. The Morgan fingerprint density at radius 3 is 2.15 bits per heavy atom. The smallest absolute Gasteiger partial charge is 0.338 e. The first kappa shape index (κ1) is 28.5. The summed E-state index contributed by atoms with van der Waals surface area (Å²) in [6, 6.07) is 8.51. The number of ketones is 1. The molecule has 1 aromatic carbocycles. The molecule has 9 nitrogen and oxygen atoms in total. The Morgan fingerprint density at radius 1 is 0.950 bits per heavy atom. The number of rotatable bonds is 4. The van der Waals surface area contributed by atoms with E-state index in [0.29, 0.717) is 17.6 Å². The van der Waals surface area contributed by atoms with Crippen LogP contribution in [0.25, 0.3) is 0 Å². The molecule has 3 fully saturated rings. The van der Waals surface area contributed by atoms with Crippen LogP contribution < -0.4 is 0 Å². The van der Waals surface area contributed by atoms with E-state index in [2.05, 4.69) is 0 Å². The lowest BCUT2D eigenvalue weighted by molar-refractivity contribution is -0.154. The molecule has 10 atom stereocenters. The van der Waals surface area contributed by atoms with E-state index < -0.39 is 70.8 Å². The third-order valence-electron chi connectivity index (χ3n) is 9.57. The SMILES string of the molecule is CC(=O)OC1C(C)=CC23OC2(CC(C)C3O)C(=O)C(C)C(OC(C)=O)C2C(C1OC(=O)c1ccccc1)C2(C)C. The quantitative estimate of drug-likeness (QED) is 0.258. The maximum absolute atomic E-state index is 14.2. The number of aliphatic hydroxyl groups is 1. The van der Waals surface area contributed by atoms with Crippen LogP contribution in [0.1, 0.15) is 65.2 Å². The maximum atomic E-state index is 14.2. The van der Waals surface area contributed by atoms with E-state index in [0.717, 1.165) is 0 Å². The van der Waals surface area contributed by atoms with Crippen molar-refractivity contribution < 1.29 is 43.2 Å². The lowest BCUT2D eigenvalue weighted by atomic mass is 9.80. The molecule has 1 saturated heterocycles. The topological polar surface area (TPSA) is 129 Å². The minimum atomic E-state index is -1.32. The summed E-state index contributed by atoms with van der Waals surface area (Å²) in [6.45, 7) is 11.8. The summed E-state index contributed by atoms with van der Waals surface area (Å²) in [5.74, 6) is -3.76. The highest BCUT2D eigenvalue weighted by atomic mass is 16.7. The molecule has 4 aliphatic rings. The number of fused-ring (bicyclic) bond motifs is 1. The first-order valence-corrected chi connectivity index (χ1v) is 13.9. The van der Waals surface area contributed by atoms with Gasteiger partial charge < -0.3 is 24.1 Å². The largest absolute Gasteiger partial charge is 0.461 e. The van der Waals surface area contributed by atoms with Gasteiger partial charge in [-0.25, -0.2) is 4.79 Å². The summed E-state index contributed by atoms with van der Waals surface area (Å²) in [5.41, 5.74) is -2.32. The summed E-state index contributed by atoms with van der Waals surface area (Å²) in [5, 5.41) is 11.2. The van der Waals surface area contributed by atoms with Crippen LogP contribution in [0.5, 0.6) is 0 Å². The molecule has 3 aliphatic carbocycles. The van der Waals surface area contributed by atoms with Crippen molar-refractivity contribution in [2.75, 3.05) is 0 Å². The highest BCUT2D eigenvalue weighted by molar-refractivity contribution is 5.96. The standard InChI is InChI=1S/C31H38O9/c1-15-13-30-26(34)16(2)14-31(30,40-30)27(35)17(3)24(38-19(5)33)21-22(29(21,6)7)25(23(15)37-18(4)32)39-28(36)20-11-9-8-10-12-20/h8-13,16-17,21-26,34H,14H2,1-7H3. The fraction of sp³-hybridized carbons (Fsp3) is 0.613. The molecule has 0 radical (unpaired) electrons. The molecule has 216 valence electrons. The van der Waals surface area contributed by atoms with E-state index in [-0.39, 0.29) is 17.6 Å². The number of ether oxygens (including phenoxy) is 4. The van der Waals surface area contributed by atoms with Crippen molar-refractivity contribution in [3.63, 3.8) is 0 Å². The Balaban J connectivity index is 1.67. The predicted octanol–water partition coefficient (Wildman–Crippen LogP) is 3.42. The van der Waals surface area contributed by atoms with Gasteiger partial charge in [-0.3, -0.25) is 14.4 Å². The van der Waals surface area contributed by atoms with Gasteiger partial charge in [0.15, 0.2) is 23.1 Å². The highest BCUT2D eigenvalue weighted by Gasteiger charge is 2.82. The number of carbonyl (C=O) groups excluding carboxylic acids is 4. The van der Waals surface area contributed by atoms with Crippen LogP contribution in [0, 0.1) is 29.1 Å². The van der Waals surface area contributed by atoms with Gasteiger partial charge in [0.1, 0.15) is 12.2 Å². The number of carbonyl (C=O) groups is 4. The number of esters is 3. The van der Waals surface area contributed by atoms with Crippen LogP contribution in [-0.2, 0) is 33.3 Å². The highest BCUT2D eigenvalue weighted by Crippen LogP contribution is 2.68. The zero-order valence-corrected chi connectivity index (χ0v) is 24.0. The molecule has 1 aromatic rings. The Kier molecular flexibility index (Phi) is 6.78. The Labute approximate surface area is 234 Å². The van der Waals surface area contributed by atoms with Crippen LogP contribution in [-0.4, -0.2) is 64.4 Å². The average Bonchev–Trinajstić information content (AvgIpc) is 3.68. The van der Waals surface area contributed by atoms with Crippen LogP contribution in [0.3, 0.4) is 0 Å². The molecular weight excluding hydrogens is 516 g/mol. The molecule has 0 amide bonds. The van der Waals surface area contributed by atoms with E-state index in [4.69, 9.17) is 18.9 Å². The van der Waals surface area contributed by atoms with Gasteiger partial charge in [0.2, 0.25) is 0 Å². The molecule has 2 saturated carbocycles. The average molecular weight is 555 g/mol. The number of epoxide rings is 1. The van der Waals surface area contributed by atoms with E-state index in [1.54, 1.807) is 50.3 Å². The molecule has 0 bridgehead atoms. The second kappa shape index (κ2) is 9.52. The van der Waals surface area contributed by atoms with Crippen molar-refractivity contribution in [3.05, 3.63) is 47.5 Å². The minimum Gasteiger partial charge on any atom is -0.461 e. The molecular formula is C31H38O9. The minimum absolute atomic E-state index is 0.239. The fourth-order valence-electron chi connectivity index (χ4n) is 7.60. The lowest BCUT2D eigenvalue weighted by Crippen LogP contribution is -2.43. The van der Waals surface area contributed by atoms with Gasteiger partial charge in [-0.15, -0.1) is 0 Å². The van der Waals surface area contributed by atoms with Gasteiger partial charge >= 0.3 is 17.9 Å². The third-order valence-corrected chi connectivity index (χ3v) is 9.57. The van der Waals surface area contributed by atoms with Crippen molar-refractivity contribution in [1.29, 1.82) is 0 Å². The van der Waals surface area contributed by atoms with Crippen molar-refractivity contribution in [2.45, 2.75) is 90.5 Å². The number of aliphatic hydroxyl groups excluding tert-OH is 1. The number of hydrogen-bond donors (Lipinski definition) is 1. The number of hydrogen-bond acceptors (Lipinski definition) is 9. The lowest BCUT2D eigenvalue weighted by Gasteiger charge is -2.30. The molecule has 1 aliphatic heterocycles. The second-order valence-electron chi connectivity index (χ2n) is 12.6. The van der Waals surface area contributed by atoms with E-state index in [1.807, 2.05) is 20.8 Å². The van der Waals surface area contributed by atoms with Crippen LogP contribution >= 0.6 is 0 Å². The van der Waals surface area contributed by atoms with E-state index in [9.17, 15) is 24.3 Å². The first-order valence-electron chi connectivity index (χ1n) is 13.9. The molecule has 10 unspecified atom stereocenters. The second-order valence-corrected chi connectivity index (χ2v) is 12.6. The molecule has 0 aromatic heterocycles. The summed E-state index contributed by atoms with van der Waals surface area (Å²) >= 11 is 0. The summed E-state index contributed by atoms with van der Waals surface area (Å²) in [6.07, 6.45) is -1.84. The zero-order chi connectivity index (χ0) is 29.4. The Bertz CT molecular complexity index is 1270. The van der Waals surface area contributed by atoms with Gasteiger partial charge in [-0.1, -0.05) is 45.9 Å². The number of benzene rings is 1. The van der Waals surface area contributed by atoms with Crippen LogP contribution in [0.4, 0.5) is 0 Å². The first-order chi connectivity index (χ1) is 18.7. The van der Waals surface area contributed by atoms with Gasteiger partial charge in [0.05, 0.1) is 17.6 Å². The molecule has 0 spiro atoms. The summed E-state index contributed by atoms with van der Waals surface area (Å²) in [4.78, 5) is 52.3. The zero-order valence-electron chi connectivity index (χ0n) is 24.0. The third kappa shape index (κ3) is 4.20. The van der Waals surface area contributed by atoms with Gasteiger partial charge in [-0.2, -0.15) is 0 Å². The maximum Gasteiger partial charge on any atom is 0.338 e. The predicted molar refractivity (Wildman–Crippen MR) is 142 cm³/mol.